The Morgan fingerprint density at radius 2 is 1.92 bits per heavy atom. The molecule has 0 aromatic heterocycles. The second-order valence-electron chi connectivity index (χ2n) is 2.97. The summed E-state index contributed by atoms with van der Waals surface area (Å²) >= 11 is 9.52. The molecular weight excluding hydrogens is 249 g/mol. The average Bonchev–Trinajstić information content (AvgIpc) is 2.61. The van der Waals surface area contributed by atoms with E-state index in [-0.39, 0.29) is 0 Å². The maximum atomic E-state index is 6.09. The van der Waals surface area contributed by atoms with Crippen LogP contribution in [0.15, 0.2) is 34.8 Å². The highest BCUT2D eigenvalue weighted by Crippen LogP contribution is 2.29. The Balaban J connectivity index is 2.33. The summed E-state index contributed by atoms with van der Waals surface area (Å²) in [6, 6.07) is 5.92. The van der Waals surface area contributed by atoms with E-state index in [1.165, 1.54) is 0 Å². The second kappa shape index (κ2) is 3.72. The third kappa shape index (κ3) is 1.89. The van der Waals surface area contributed by atoms with Crippen molar-refractivity contribution in [1.29, 1.82) is 0 Å². The number of hydrogen-bond donors (Lipinski definition) is 0. The lowest BCUT2D eigenvalue weighted by atomic mass is 10.3. The minimum absolute atomic E-state index is 0.812. The van der Waals surface area contributed by atoms with E-state index in [1.807, 2.05) is 12.1 Å². The summed E-state index contributed by atoms with van der Waals surface area (Å²) < 4.78 is 1.07. The van der Waals surface area contributed by atoms with Crippen molar-refractivity contribution in [3.05, 3.63) is 39.8 Å². The first-order chi connectivity index (χ1) is 6.27. The minimum Gasteiger partial charge on any atom is -0.363 e. The maximum Gasteiger partial charge on any atom is 0.0640 e. The predicted octanol–water partition coefficient (Wildman–Crippen LogP) is 3.48. The molecule has 2 rings (SSSR count). The SMILES string of the molecule is Clc1ccc(Br)cc1N1CC=CC1. The average molecular weight is 259 g/mol. The van der Waals surface area contributed by atoms with E-state index in [0.717, 1.165) is 28.3 Å². The molecule has 0 bridgehead atoms. The lowest BCUT2D eigenvalue weighted by Gasteiger charge is -2.19. The van der Waals surface area contributed by atoms with E-state index in [4.69, 9.17) is 11.6 Å². The Morgan fingerprint density at radius 3 is 2.62 bits per heavy atom. The van der Waals surface area contributed by atoms with Gasteiger partial charge in [-0.3, -0.25) is 0 Å². The molecule has 0 saturated heterocycles. The van der Waals surface area contributed by atoms with Crippen molar-refractivity contribution in [2.75, 3.05) is 18.0 Å². The van der Waals surface area contributed by atoms with Crippen molar-refractivity contribution < 1.29 is 0 Å². The fourth-order valence-corrected chi connectivity index (χ4v) is 1.99. The highest BCUT2D eigenvalue weighted by molar-refractivity contribution is 9.10. The van der Waals surface area contributed by atoms with Gasteiger partial charge in [-0.1, -0.05) is 39.7 Å². The monoisotopic (exact) mass is 257 g/mol. The Bertz CT molecular complexity index is 341. The van der Waals surface area contributed by atoms with Gasteiger partial charge in [-0.2, -0.15) is 0 Å². The van der Waals surface area contributed by atoms with Gasteiger partial charge in [-0.05, 0) is 18.2 Å². The van der Waals surface area contributed by atoms with Crippen LogP contribution in [-0.2, 0) is 0 Å². The minimum atomic E-state index is 0.812. The van der Waals surface area contributed by atoms with E-state index in [0.29, 0.717) is 0 Å². The van der Waals surface area contributed by atoms with Crippen LogP contribution in [0.5, 0.6) is 0 Å². The van der Waals surface area contributed by atoms with E-state index in [9.17, 15) is 0 Å². The van der Waals surface area contributed by atoms with Gasteiger partial charge in [0.05, 0.1) is 10.7 Å². The Hall–Kier alpha value is -0.470. The Morgan fingerprint density at radius 1 is 1.23 bits per heavy atom. The van der Waals surface area contributed by atoms with Crippen LogP contribution >= 0.6 is 27.5 Å². The first kappa shape index (κ1) is 9.10. The van der Waals surface area contributed by atoms with Gasteiger partial charge in [0.2, 0.25) is 0 Å². The van der Waals surface area contributed by atoms with Crippen molar-refractivity contribution in [2.24, 2.45) is 0 Å². The third-order valence-corrected chi connectivity index (χ3v) is 2.88. The summed E-state index contributed by atoms with van der Waals surface area (Å²) in [5.74, 6) is 0. The van der Waals surface area contributed by atoms with Crippen molar-refractivity contribution in [3.63, 3.8) is 0 Å². The first-order valence-electron chi connectivity index (χ1n) is 4.12. The molecule has 0 atom stereocenters. The molecule has 13 heavy (non-hydrogen) atoms. The van der Waals surface area contributed by atoms with Crippen LogP contribution in [-0.4, -0.2) is 13.1 Å². The summed E-state index contributed by atoms with van der Waals surface area (Å²) in [5.41, 5.74) is 1.10. The molecule has 1 nitrogen and oxygen atoms in total. The number of benzene rings is 1. The van der Waals surface area contributed by atoms with Gasteiger partial charge in [-0.15, -0.1) is 0 Å². The molecule has 1 aliphatic heterocycles. The quantitative estimate of drug-likeness (QED) is 0.697. The molecule has 0 radical (unpaired) electrons. The summed E-state index contributed by atoms with van der Waals surface area (Å²) in [7, 11) is 0. The zero-order chi connectivity index (χ0) is 9.26. The van der Waals surface area contributed by atoms with Gasteiger partial charge in [-0.25, -0.2) is 0 Å². The smallest absolute Gasteiger partial charge is 0.0640 e. The molecule has 0 N–H and O–H groups in total. The van der Waals surface area contributed by atoms with Gasteiger partial charge in [0.15, 0.2) is 0 Å². The van der Waals surface area contributed by atoms with Crippen LogP contribution in [0.4, 0.5) is 5.69 Å². The van der Waals surface area contributed by atoms with E-state index in [2.05, 4.69) is 39.0 Å². The largest absolute Gasteiger partial charge is 0.363 e. The molecule has 68 valence electrons. The van der Waals surface area contributed by atoms with Crippen molar-refractivity contribution in [1.82, 2.24) is 0 Å². The van der Waals surface area contributed by atoms with E-state index in [1.54, 1.807) is 0 Å². The fourth-order valence-electron chi connectivity index (χ4n) is 1.40. The lowest BCUT2D eigenvalue weighted by molar-refractivity contribution is 1.01. The normalized spacial score (nSPS) is 15.4. The number of anilines is 1. The van der Waals surface area contributed by atoms with E-state index >= 15 is 0 Å². The van der Waals surface area contributed by atoms with Gasteiger partial charge < -0.3 is 4.90 Å². The molecule has 1 aromatic carbocycles. The predicted molar refractivity (Wildman–Crippen MR) is 60.5 cm³/mol. The Kier molecular flexibility index (Phi) is 2.61. The van der Waals surface area contributed by atoms with Gasteiger partial charge in [0.1, 0.15) is 0 Å². The van der Waals surface area contributed by atoms with Gasteiger partial charge >= 0.3 is 0 Å². The molecule has 1 aromatic rings. The molecule has 0 amide bonds. The van der Waals surface area contributed by atoms with Crippen LogP contribution in [0.3, 0.4) is 0 Å². The second-order valence-corrected chi connectivity index (χ2v) is 4.29. The molecule has 1 heterocycles. The fraction of sp³-hybridized carbons (Fsp3) is 0.200. The molecule has 0 fully saturated rings. The number of halogens is 2. The number of nitrogens with zero attached hydrogens (tertiary/aromatic N) is 1. The van der Waals surface area contributed by atoms with Gasteiger partial charge in [0, 0.05) is 17.6 Å². The summed E-state index contributed by atoms with van der Waals surface area (Å²) in [5, 5.41) is 0.812. The van der Waals surface area contributed by atoms with Crippen molar-refractivity contribution in [3.8, 4) is 0 Å². The zero-order valence-corrected chi connectivity index (χ0v) is 9.35. The summed E-state index contributed by atoms with van der Waals surface area (Å²) in [4.78, 5) is 2.23. The van der Waals surface area contributed by atoms with E-state index < -0.39 is 0 Å². The van der Waals surface area contributed by atoms with Crippen LogP contribution in [0.25, 0.3) is 0 Å². The number of rotatable bonds is 1. The summed E-state index contributed by atoms with van der Waals surface area (Å²) in [6.45, 7) is 1.91. The lowest BCUT2D eigenvalue weighted by Crippen LogP contribution is -2.18. The number of hydrogen-bond acceptors (Lipinski definition) is 1. The standard InChI is InChI=1S/C10H9BrClN/c11-8-3-4-9(12)10(7-8)13-5-1-2-6-13/h1-4,7H,5-6H2. The Labute approximate surface area is 91.1 Å². The highest BCUT2D eigenvalue weighted by Gasteiger charge is 2.11. The van der Waals surface area contributed by atoms with Crippen molar-refractivity contribution in [2.45, 2.75) is 0 Å². The zero-order valence-electron chi connectivity index (χ0n) is 7.00. The molecule has 1 aliphatic rings. The van der Waals surface area contributed by atoms with Crippen LogP contribution in [0, 0.1) is 0 Å². The maximum absolute atomic E-state index is 6.09. The molecule has 0 unspecified atom stereocenters. The topological polar surface area (TPSA) is 3.24 Å². The van der Waals surface area contributed by atoms with Gasteiger partial charge in [0.25, 0.3) is 0 Å². The van der Waals surface area contributed by atoms with Crippen molar-refractivity contribution >= 4 is 33.2 Å². The molecular formula is C10H9BrClN. The summed E-state index contributed by atoms with van der Waals surface area (Å²) in [6.07, 6.45) is 4.30. The van der Waals surface area contributed by atoms with Crippen LogP contribution in [0.2, 0.25) is 5.02 Å². The molecule has 0 aliphatic carbocycles. The van der Waals surface area contributed by atoms with Crippen LogP contribution in [0.1, 0.15) is 0 Å². The molecule has 3 heteroatoms. The van der Waals surface area contributed by atoms with Crippen LogP contribution < -0.4 is 4.90 Å². The molecule has 0 saturated carbocycles. The third-order valence-electron chi connectivity index (χ3n) is 2.07. The molecule has 0 spiro atoms. The first-order valence-corrected chi connectivity index (χ1v) is 5.29. The highest BCUT2D eigenvalue weighted by atomic mass is 79.9.